The van der Waals surface area contributed by atoms with Crippen LogP contribution in [0.5, 0.6) is 0 Å². The first kappa shape index (κ1) is 10.9. The number of hydrogen-bond donors (Lipinski definition) is 1. The van der Waals surface area contributed by atoms with Crippen LogP contribution in [0.4, 0.5) is 0 Å². The Kier molecular flexibility index (Phi) is 3.38. The maximum absolute atomic E-state index is 11.4. The topological polar surface area (TPSA) is 63.2 Å². The second-order valence-corrected chi connectivity index (χ2v) is 4.72. The van der Waals surface area contributed by atoms with Crippen LogP contribution in [0.15, 0.2) is 30.3 Å². The molecule has 0 radical (unpaired) electrons. The summed E-state index contributed by atoms with van der Waals surface area (Å²) in [5, 5.41) is 0. The van der Waals surface area contributed by atoms with Crippen molar-refractivity contribution in [3.8, 4) is 0 Å². The van der Waals surface area contributed by atoms with Crippen molar-refractivity contribution in [1.82, 2.24) is 4.72 Å². The molecule has 0 spiro atoms. The van der Waals surface area contributed by atoms with Crippen LogP contribution in [0.25, 0.3) is 0 Å². The zero-order chi connectivity index (χ0) is 10.6. The fourth-order valence-electron chi connectivity index (χ4n) is 0.923. The van der Waals surface area contributed by atoms with Crippen molar-refractivity contribution < 1.29 is 13.2 Å². The van der Waals surface area contributed by atoms with Crippen LogP contribution < -0.4 is 4.72 Å². The highest BCUT2D eigenvalue weighted by Gasteiger charge is 2.07. The Labute approximate surface area is 83.0 Å². The van der Waals surface area contributed by atoms with Gasteiger partial charge in [-0.15, -0.1) is 0 Å². The number of hydrogen-bond acceptors (Lipinski definition) is 3. The van der Waals surface area contributed by atoms with Crippen molar-refractivity contribution in [3.05, 3.63) is 35.9 Å². The van der Waals surface area contributed by atoms with Gasteiger partial charge in [-0.3, -0.25) is 4.79 Å². The largest absolute Gasteiger partial charge is 0.293 e. The number of rotatable bonds is 4. The third kappa shape index (κ3) is 3.68. The van der Waals surface area contributed by atoms with Gasteiger partial charge in [-0.25, -0.2) is 13.1 Å². The van der Waals surface area contributed by atoms with Crippen LogP contribution in [0.3, 0.4) is 0 Å². The molecule has 1 aromatic rings. The first-order valence-electron chi connectivity index (χ1n) is 4.02. The van der Waals surface area contributed by atoms with Gasteiger partial charge in [0.25, 0.3) is 0 Å². The molecular formula is C9H11NO3S. The molecule has 14 heavy (non-hydrogen) atoms. The van der Waals surface area contributed by atoms with E-state index in [1.54, 1.807) is 30.3 Å². The highest BCUT2D eigenvalue weighted by atomic mass is 32.2. The number of benzene rings is 1. The maximum atomic E-state index is 11.4. The van der Waals surface area contributed by atoms with Crippen LogP contribution in [0, 0.1) is 0 Å². The normalized spacial score (nSPS) is 11.2. The molecule has 0 aliphatic heterocycles. The minimum atomic E-state index is -3.30. The van der Waals surface area contributed by atoms with E-state index in [2.05, 4.69) is 4.72 Å². The second kappa shape index (κ2) is 4.34. The predicted molar refractivity (Wildman–Crippen MR) is 53.6 cm³/mol. The number of Topliss-reactive ketones (excluding diaryl/α,β-unsaturated/α-hetero) is 1. The molecule has 0 fully saturated rings. The molecule has 1 rings (SSSR count). The highest BCUT2D eigenvalue weighted by molar-refractivity contribution is 7.88. The molecule has 4 nitrogen and oxygen atoms in total. The zero-order valence-electron chi connectivity index (χ0n) is 7.73. The molecule has 1 aromatic carbocycles. The van der Waals surface area contributed by atoms with Crippen molar-refractivity contribution in [2.75, 3.05) is 12.8 Å². The van der Waals surface area contributed by atoms with Gasteiger partial charge in [-0.05, 0) is 0 Å². The van der Waals surface area contributed by atoms with Crippen LogP contribution in [0.1, 0.15) is 10.4 Å². The van der Waals surface area contributed by atoms with Gasteiger partial charge in [0, 0.05) is 5.56 Å². The quantitative estimate of drug-likeness (QED) is 0.740. The third-order valence-electron chi connectivity index (χ3n) is 1.59. The smallest absolute Gasteiger partial charge is 0.209 e. The van der Waals surface area contributed by atoms with Gasteiger partial charge < -0.3 is 0 Å². The molecule has 0 aliphatic rings. The molecule has 0 amide bonds. The molecule has 0 bridgehead atoms. The van der Waals surface area contributed by atoms with Crippen LogP contribution in [0.2, 0.25) is 0 Å². The van der Waals surface area contributed by atoms with Crippen molar-refractivity contribution in [2.45, 2.75) is 0 Å². The lowest BCUT2D eigenvalue weighted by atomic mass is 10.3. The summed E-state index contributed by atoms with van der Waals surface area (Å²) in [6.07, 6.45) is 1.02. The summed E-state index contributed by atoms with van der Waals surface area (Å²) in [5.41, 5.74) is 0.503. The van der Waals surface area contributed by atoms with Crippen molar-refractivity contribution in [1.29, 1.82) is 0 Å². The predicted octanol–water partition coefficient (Wildman–Crippen LogP) is 0.418. The Morgan fingerprint density at radius 1 is 1.29 bits per heavy atom. The molecule has 5 heteroatoms. The Bertz CT molecular complexity index is 411. The van der Waals surface area contributed by atoms with Gasteiger partial charge >= 0.3 is 0 Å². The van der Waals surface area contributed by atoms with Gasteiger partial charge in [0.2, 0.25) is 10.0 Å². The molecule has 0 heterocycles. The number of nitrogens with one attached hydrogen (secondary N) is 1. The summed E-state index contributed by atoms with van der Waals surface area (Å²) >= 11 is 0. The van der Waals surface area contributed by atoms with Crippen molar-refractivity contribution >= 4 is 15.8 Å². The molecule has 0 saturated carbocycles. The maximum Gasteiger partial charge on any atom is 0.209 e. The van der Waals surface area contributed by atoms with Gasteiger partial charge in [0.05, 0.1) is 12.8 Å². The van der Waals surface area contributed by atoms with E-state index in [0.29, 0.717) is 5.56 Å². The van der Waals surface area contributed by atoms with E-state index in [-0.39, 0.29) is 12.3 Å². The van der Waals surface area contributed by atoms with Crippen molar-refractivity contribution in [3.63, 3.8) is 0 Å². The standard InChI is InChI=1S/C9H11NO3S/c1-14(12,13)10-7-9(11)8-5-3-2-4-6-8/h2-6,10H,7H2,1H3/i9+2. The second-order valence-electron chi connectivity index (χ2n) is 2.88. The fourth-order valence-corrected chi connectivity index (χ4v) is 1.32. The van der Waals surface area contributed by atoms with Crippen LogP contribution in [-0.4, -0.2) is 27.0 Å². The lowest BCUT2D eigenvalue weighted by molar-refractivity contribution is 0.0997. The number of ketones is 1. The van der Waals surface area contributed by atoms with E-state index in [4.69, 9.17) is 0 Å². The average Bonchev–Trinajstić information content (AvgIpc) is 2.14. The lowest BCUT2D eigenvalue weighted by Gasteiger charge is -2.01. The van der Waals surface area contributed by atoms with Gasteiger partial charge in [-0.2, -0.15) is 0 Å². The van der Waals surface area contributed by atoms with E-state index >= 15 is 0 Å². The number of sulfonamides is 1. The van der Waals surface area contributed by atoms with Gasteiger partial charge in [0.15, 0.2) is 5.78 Å². The van der Waals surface area contributed by atoms with Gasteiger partial charge in [-0.1, -0.05) is 30.3 Å². The minimum Gasteiger partial charge on any atom is -0.293 e. The highest BCUT2D eigenvalue weighted by Crippen LogP contribution is 1.98. The summed E-state index contributed by atoms with van der Waals surface area (Å²) in [5.74, 6) is -0.240. The van der Waals surface area contributed by atoms with E-state index in [1.807, 2.05) is 0 Å². The molecule has 0 aromatic heterocycles. The first-order chi connectivity index (χ1) is 6.49. The monoisotopic (exact) mass is 215 g/mol. The number of carbonyl (C=O) groups is 1. The van der Waals surface area contributed by atoms with Crippen LogP contribution >= 0.6 is 0 Å². The summed E-state index contributed by atoms with van der Waals surface area (Å²) in [7, 11) is -3.30. The minimum absolute atomic E-state index is 0.192. The van der Waals surface area contributed by atoms with Crippen LogP contribution in [-0.2, 0) is 10.0 Å². The fraction of sp³-hybridized carbons (Fsp3) is 0.222. The lowest BCUT2D eigenvalue weighted by Crippen LogP contribution is -2.28. The van der Waals surface area contributed by atoms with E-state index in [9.17, 15) is 13.2 Å². The third-order valence-corrected chi connectivity index (χ3v) is 2.26. The summed E-state index contributed by atoms with van der Waals surface area (Å²) in [6.45, 7) is -0.192. The molecule has 76 valence electrons. The van der Waals surface area contributed by atoms with E-state index < -0.39 is 10.0 Å². The van der Waals surface area contributed by atoms with E-state index in [1.165, 1.54) is 0 Å². The Hall–Kier alpha value is -1.20. The molecule has 0 aliphatic carbocycles. The Balaban J connectivity index is 2.61. The Morgan fingerprint density at radius 3 is 2.36 bits per heavy atom. The van der Waals surface area contributed by atoms with Gasteiger partial charge in [0.1, 0.15) is 0 Å². The van der Waals surface area contributed by atoms with E-state index in [0.717, 1.165) is 6.26 Å². The molecule has 0 unspecified atom stereocenters. The molecule has 0 saturated heterocycles. The molecule has 1 N–H and O–H groups in total. The average molecular weight is 215 g/mol. The summed E-state index contributed by atoms with van der Waals surface area (Å²) < 4.78 is 23.6. The summed E-state index contributed by atoms with van der Waals surface area (Å²) in [6, 6.07) is 8.54. The Morgan fingerprint density at radius 2 is 1.86 bits per heavy atom. The molecular weight excluding hydrogens is 204 g/mol. The zero-order valence-corrected chi connectivity index (χ0v) is 8.54. The first-order valence-corrected chi connectivity index (χ1v) is 5.91. The number of carbonyl (C=O) groups excluding carboxylic acids is 1. The SMILES string of the molecule is CS(=O)(=O)NC[14C](=O)c1ccccc1. The van der Waals surface area contributed by atoms with Crippen molar-refractivity contribution in [2.24, 2.45) is 0 Å². The molecule has 0 atom stereocenters. The summed E-state index contributed by atoms with van der Waals surface area (Å²) in [4.78, 5) is 11.4.